The van der Waals surface area contributed by atoms with Gasteiger partial charge in [-0.15, -0.1) is 11.3 Å². The zero-order chi connectivity index (χ0) is 16.7. The molecule has 0 aliphatic carbocycles. The number of hydrogen-bond acceptors (Lipinski definition) is 4. The molecule has 0 atom stereocenters. The van der Waals surface area contributed by atoms with E-state index in [4.69, 9.17) is 4.74 Å². The summed E-state index contributed by atoms with van der Waals surface area (Å²) >= 11 is 1.41. The summed E-state index contributed by atoms with van der Waals surface area (Å²) in [6, 6.07) is 9.62. The molecule has 0 saturated carbocycles. The number of thiophene rings is 1. The Morgan fingerprint density at radius 3 is 2.74 bits per heavy atom. The molecular formula is C18H21NO3S. The average Bonchev–Trinajstić information content (AvgIpc) is 3.07. The number of benzene rings is 1. The van der Waals surface area contributed by atoms with Gasteiger partial charge in [-0.05, 0) is 36.4 Å². The highest BCUT2D eigenvalue weighted by atomic mass is 32.1. The number of carbonyl (C=O) groups excluding carboxylic acids is 2. The minimum atomic E-state index is -0.0958. The summed E-state index contributed by atoms with van der Waals surface area (Å²) in [5, 5.41) is 4.72. The molecule has 0 aliphatic rings. The molecule has 1 aromatic carbocycles. The highest BCUT2D eigenvalue weighted by molar-refractivity contribution is 7.12. The first kappa shape index (κ1) is 17.2. The molecule has 5 heteroatoms. The van der Waals surface area contributed by atoms with Crippen molar-refractivity contribution in [1.29, 1.82) is 0 Å². The second-order valence-electron chi connectivity index (χ2n) is 5.32. The van der Waals surface area contributed by atoms with Gasteiger partial charge in [0.1, 0.15) is 5.75 Å². The van der Waals surface area contributed by atoms with Crippen LogP contribution in [0.1, 0.15) is 33.6 Å². The number of Topliss-reactive ketones (excluding diaryl/α,β-unsaturated/α-hetero) is 1. The predicted octanol–water partition coefficient (Wildman–Crippen LogP) is 3.39. The molecule has 1 N–H and O–H groups in total. The SMILES string of the molecule is COc1ccc(C)cc1CCNC(=O)CCC(=O)c1cccs1. The van der Waals surface area contributed by atoms with Gasteiger partial charge < -0.3 is 10.1 Å². The van der Waals surface area contributed by atoms with Crippen LogP contribution in [0.15, 0.2) is 35.7 Å². The topological polar surface area (TPSA) is 55.4 Å². The second-order valence-corrected chi connectivity index (χ2v) is 6.26. The number of amides is 1. The lowest BCUT2D eigenvalue weighted by molar-refractivity contribution is -0.121. The fourth-order valence-electron chi connectivity index (χ4n) is 2.32. The van der Waals surface area contributed by atoms with Crippen LogP contribution in [0.5, 0.6) is 5.75 Å². The smallest absolute Gasteiger partial charge is 0.220 e. The first-order valence-corrected chi connectivity index (χ1v) is 8.45. The largest absolute Gasteiger partial charge is 0.496 e. The van der Waals surface area contributed by atoms with E-state index in [1.54, 1.807) is 13.2 Å². The van der Waals surface area contributed by atoms with Crippen molar-refractivity contribution in [2.75, 3.05) is 13.7 Å². The maximum atomic E-state index is 11.8. The van der Waals surface area contributed by atoms with E-state index in [0.29, 0.717) is 17.8 Å². The summed E-state index contributed by atoms with van der Waals surface area (Å²) in [6.07, 6.45) is 1.18. The van der Waals surface area contributed by atoms with Gasteiger partial charge in [0.15, 0.2) is 5.78 Å². The van der Waals surface area contributed by atoms with E-state index in [1.807, 2.05) is 30.5 Å². The molecule has 4 nitrogen and oxygen atoms in total. The van der Waals surface area contributed by atoms with Crippen LogP contribution in [0.4, 0.5) is 0 Å². The molecule has 1 amide bonds. The third-order valence-electron chi connectivity index (χ3n) is 3.53. The molecule has 1 heterocycles. The van der Waals surface area contributed by atoms with Gasteiger partial charge in [-0.3, -0.25) is 9.59 Å². The van der Waals surface area contributed by atoms with Crippen LogP contribution in [0, 0.1) is 6.92 Å². The van der Waals surface area contributed by atoms with Gasteiger partial charge in [-0.1, -0.05) is 23.8 Å². The third-order valence-corrected chi connectivity index (χ3v) is 4.44. The summed E-state index contributed by atoms with van der Waals surface area (Å²) in [4.78, 5) is 24.4. The average molecular weight is 331 g/mol. The van der Waals surface area contributed by atoms with E-state index in [-0.39, 0.29) is 24.5 Å². The molecule has 0 saturated heterocycles. The minimum Gasteiger partial charge on any atom is -0.496 e. The number of carbonyl (C=O) groups is 2. The van der Waals surface area contributed by atoms with Crippen molar-refractivity contribution in [2.45, 2.75) is 26.2 Å². The van der Waals surface area contributed by atoms with Gasteiger partial charge in [0, 0.05) is 19.4 Å². The number of methoxy groups -OCH3 is 1. The molecule has 2 rings (SSSR count). The maximum absolute atomic E-state index is 11.8. The molecule has 23 heavy (non-hydrogen) atoms. The Labute approximate surface area is 140 Å². The molecule has 0 radical (unpaired) electrons. The Morgan fingerprint density at radius 1 is 1.22 bits per heavy atom. The molecular weight excluding hydrogens is 310 g/mol. The van der Waals surface area contributed by atoms with E-state index in [1.165, 1.54) is 11.3 Å². The molecule has 0 unspecified atom stereocenters. The van der Waals surface area contributed by atoms with Gasteiger partial charge in [0.25, 0.3) is 0 Å². The highest BCUT2D eigenvalue weighted by Gasteiger charge is 2.10. The van der Waals surface area contributed by atoms with Gasteiger partial charge in [0.05, 0.1) is 12.0 Å². The summed E-state index contributed by atoms with van der Waals surface area (Å²) in [7, 11) is 1.64. The zero-order valence-corrected chi connectivity index (χ0v) is 14.2. The van der Waals surface area contributed by atoms with E-state index in [0.717, 1.165) is 16.9 Å². The predicted molar refractivity (Wildman–Crippen MR) is 92.3 cm³/mol. The van der Waals surface area contributed by atoms with Crippen molar-refractivity contribution < 1.29 is 14.3 Å². The molecule has 1 aromatic heterocycles. The van der Waals surface area contributed by atoms with Crippen molar-refractivity contribution in [1.82, 2.24) is 5.32 Å². The van der Waals surface area contributed by atoms with E-state index in [2.05, 4.69) is 11.4 Å². The fourth-order valence-corrected chi connectivity index (χ4v) is 3.01. The number of ether oxygens (including phenoxy) is 1. The van der Waals surface area contributed by atoms with Gasteiger partial charge in [-0.25, -0.2) is 0 Å². The molecule has 122 valence electrons. The molecule has 0 fully saturated rings. The van der Waals surface area contributed by atoms with Crippen LogP contribution in [0.2, 0.25) is 0 Å². The normalized spacial score (nSPS) is 10.3. The number of hydrogen-bond donors (Lipinski definition) is 1. The van der Waals surface area contributed by atoms with Gasteiger partial charge >= 0.3 is 0 Å². The third kappa shape index (κ3) is 5.21. The van der Waals surface area contributed by atoms with Crippen LogP contribution in [0.3, 0.4) is 0 Å². The van der Waals surface area contributed by atoms with E-state index < -0.39 is 0 Å². The van der Waals surface area contributed by atoms with Crippen molar-refractivity contribution in [3.8, 4) is 5.75 Å². The first-order valence-electron chi connectivity index (χ1n) is 7.57. The lowest BCUT2D eigenvalue weighted by Gasteiger charge is -2.10. The quantitative estimate of drug-likeness (QED) is 0.754. The fraction of sp³-hybridized carbons (Fsp3) is 0.333. The lowest BCUT2D eigenvalue weighted by atomic mass is 10.1. The Morgan fingerprint density at radius 2 is 2.04 bits per heavy atom. The molecule has 0 spiro atoms. The molecule has 2 aromatic rings. The van der Waals surface area contributed by atoms with Gasteiger partial charge in [0.2, 0.25) is 5.91 Å². The standard InChI is InChI=1S/C18H21NO3S/c1-13-5-7-16(22-2)14(12-13)9-10-19-18(21)8-6-15(20)17-4-3-11-23-17/h3-5,7,11-12H,6,8-10H2,1-2H3,(H,19,21). The summed E-state index contributed by atoms with van der Waals surface area (Å²) in [5.74, 6) is 0.759. The summed E-state index contributed by atoms with van der Waals surface area (Å²) < 4.78 is 5.32. The second kappa shape index (κ2) is 8.48. The molecule has 0 bridgehead atoms. The van der Waals surface area contributed by atoms with Gasteiger partial charge in [-0.2, -0.15) is 0 Å². The number of aryl methyl sites for hydroxylation is 1. The Balaban J connectivity index is 1.75. The van der Waals surface area contributed by atoms with Crippen LogP contribution in [-0.2, 0) is 11.2 Å². The van der Waals surface area contributed by atoms with Crippen LogP contribution in [0.25, 0.3) is 0 Å². The minimum absolute atomic E-state index is 0.0236. The zero-order valence-electron chi connectivity index (χ0n) is 13.4. The van der Waals surface area contributed by atoms with Crippen molar-refractivity contribution in [3.63, 3.8) is 0 Å². The summed E-state index contributed by atoms with van der Waals surface area (Å²) in [6.45, 7) is 2.56. The van der Waals surface area contributed by atoms with Crippen LogP contribution in [-0.4, -0.2) is 25.3 Å². The highest BCUT2D eigenvalue weighted by Crippen LogP contribution is 2.19. The Hall–Kier alpha value is -2.14. The summed E-state index contributed by atoms with van der Waals surface area (Å²) in [5.41, 5.74) is 2.23. The van der Waals surface area contributed by atoms with Crippen molar-refractivity contribution >= 4 is 23.0 Å². The first-order chi connectivity index (χ1) is 11.1. The van der Waals surface area contributed by atoms with Crippen LogP contribution < -0.4 is 10.1 Å². The number of ketones is 1. The van der Waals surface area contributed by atoms with Crippen LogP contribution >= 0.6 is 11.3 Å². The molecule has 0 aliphatic heterocycles. The van der Waals surface area contributed by atoms with E-state index in [9.17, 15) is 9.59 Å². The maximum Gasteiger partial charge on any atom is 0.220 e. The monoisotopic (exact) mass is 331 g/mol. The van der Waals surface area contributed by atoms with Crippen molar-refractivity contribution in [2.24, 2.45) is 0 Å². The Bertz CT molecular complexity index is 665. The lowest BCUT2D eigenvalue weighted by Crippen LogP contribution is -2.26. The Kier molecular flexibility index (Phi) is 6.35. The number of rotatable bonds is 8. The van der Waals surface area contributed by atoms with Crippen molar-refractivity contribution in [3.05, 3.63) is 51.7 Å². The van der Waals surface area contributed by atoms with E-state index >= 15 is 0 Å². The number of nitrogens with one attached hydrogen (secondary N) is 1.